The van der Waals surface area contributed by atoms with E-state index in [2.05, 4.69) is 36.9 Å². The molecule has 0 amide bonds. The van der Waals surface area contributed by atoms with Crippen LogP contribution in [0.4, 0.5) is 5.95 Å². The second kappa shape index (κ2) is 10.4. The fourth-order valence-electron chi connectivity index (χ4n) is 3.91. The van der Waals surface area contributed by atoms with Crippen molar-refractivity contribution in [1.82, 2.24) is 24.9 Å². The first kappa shape index (κ1) is 21.3. The molecule has 3 aromatic rings. The molecule has 164 valence electrons. The third-order valence-electron chi connectivity index (χ3n) is 5.59. The molecule has 0 spiro atoms. The number of benzene rings is 1. The topological polar surface area (TPSA) is 70.8 Å². The Morgan fingerprint density at radius 3 is 2.61 bits per heavy atom. The summed E-state index contributed by atoms with van der Waals surface area (Å²) >= 11 is 0. The van der Waals surface area contributed by atoms with Gasteiger partial charge in [0.25, 0.3) is 0 Å². The molecule has 0 unspecified atom stereocenters. The van der Waals surface area contributed by atoms with Crippen LogP contribution in [0.2, 0.25) is 0 Å². The maximum absolute atomic E-state index is 5.56. The minimum Gasteiger partial charge on any atom is -0.496 e. The highest BCUT2D eigenvalue weighted by Gasteiger charge is 2.18. The zero-order valence-corrected chi connectivity index (χ0v) is 18.3. The normalized spacial score (nSPS) is 14.9. The molecular weight excluding hydrogens is 392 g/mol. The predicted molar refractivity (Wildman–Crippen MR) is 120 cm³/mol. The fourth-order valence-corrected chi connectivity index (χ4v) is 3.91. The summed E-state index contributed by atoms with van der Waals surface area (Å²) in [4.78, 5) is 15.8. The van der Waals surface area contributed by atoms with Gasteiger partial charge in [-0.2, -0.15) is 0 Å². The lowest BCUT2D eigenvalue weighted by Crippen LogP contribution is -2.47. The van der Waals surface area contributed by atoms with Crippen molar-refractivity contribution in [3.05, 3.63) is 54.6 Å². The molecule has 1 aliphatic heterocycles. The van der Waals surface area contributed by atoms with Crippen molar-refractivity contribution in [2.75, 3.05) is 58.3 Å². The van der Waals surface area contributed by atoms with E-state index in [0.717, 1.165) is 80.9 Å². The van der Waals surface area contributed by atoms with Crippen LogP contribution < -0.4 is 9.64 Å². The molecule has 8 nitrogen and oxygen atoms in total. The molecule has 0 radical (unpaired) electrons. The van der Waals surface area contributed by atoms with E-state index in [-0.39, 0.29) is 0 Å². The van der Waals surface area contributed by atoms with E-state index in [1.54, 1.807) is 19.5 Å². The maximum atomic E-state index is 5.56. The number of aromatic nitrogens is 3. The zero-order valence-electron chi connectivity index (χ0n) is 18.3. The molecule has 0 atom stereocenters. The van der Waals surface area contributed by atoms with E-state index in [9.17, 15) is 0 Å². The van der Waals surface area contributed by atoms with Crippen molar-refractivity contribution in [3.8, 4) is 17.0 Å². The summed E-state index contributed by atoms with van der Waals surface area (Å²) in [5.74, 6) is 2.50. The van der Waals surface area contributed by atoms with Crippen LogP contribution in [0.1, 0.15) is 12.2 Å². The minimum atomic E-state index is 0.737. The number of nitrogens with zero attached hydrogens (tertiary/aromatic N) is 6. The van der Waals surface area contributed by atoms with Crippen molar-refractivity contribution in [2.24, 2.45) is 0 Å². The minimum absolute atomic E-state index is 0.737. The molecule has 1 fully saturated rings. The third-order valence-corrected chi connectivity index (χ3v) is 5.59. The van der Waals surface area contributed by atoms with Crippen LogP contribution >= 0.6 is 0 Å². The summed E-state index contributed by atoms with van der Waals surface area (Å²) in [6.07, 6.45) is 4.72. The quantitative estimate of drug-likeness (QED) is 0.521. The first-order chi connectivity index (χ1) is 15.2. The predicted octanol–water partition coefficient (Wildman–Crippen LogP) is 2.78. The Balaban J connectivity index is 1.19. The van der Waals surface area contributed by atoms with Crippen LogP contribution in [-0.2, 0) is 6.54 Å². The Hall–Kier alpha value is -2.97. The third kappa shape index (κ3) is 5.59. The number of para-hydroxylation sites is 1. The lowest BCUT2D eigenvalue weighted by atomic mass is 10.1. The van der Waals surface area contributed by atoms with Crippen molar-refractivity contribution < 1.29 is 9.26 Å². The highest BCUT2D eigenvalue weighted by molar-refractivity contribution is 5.66. The molecule has 3 heterocycles. The van der Waals surface area contributed by atoms with Gasteiger partial charge < -0.3 is 14.2 Å². The zero-order chi connectivity index (χ0) is 21.5. The monoisotopic (exact) mass is 422 g/mol. The molecule has 0 aliphatic carbocycles. The van der Waals surface area contributed by atoms with E-state index in [4.69, 9.17) is 9.26 Å². The van der Waals surface area contributed by atoms with Gasteiger partial charge in [-0.25, -0.2) is 9.97 Å². The summed E-state index contributed by atoms with van der Waals surface area (Å²) in [5.41, 5.74) is 1.75. The van der Waals surface area contributed by atoms with Gasteiger partial charge in [0.15, 0.2) is 5.76 Å². The van der Waals surface area contributed by atoms with Crippen LogP contribution in [0.15, 0.2) is 53.3 Å². The van der Waals surface area contributed by atoms with Gasteiger partial charge in [-0.1, -0.05) is 17.3 Å². The summed E-state index contributed by atoms with van der Waals surface area (Å²) in [7, 11) is 3.79. The molecule has 4 rings (SSSR count). The van der Waals surface area contributed by atoms with E-state index in [0.29, 0.717) is 0 Å². The first-order valence-electron chi connectivity index (χ1n) is 10.7. The molecule has 2 aromatic heterocycles. The highest BCUT2D eigenvalue weighted by atomic mass is 16.5. The van der Waals surface area contributed by atoms with Gasteiger partial charge in [0.1, 0.15) is 11.4 Å². The molecule has 8 heteroatoms. The highest BCUT2D eigenvalue weighted by Crippen LogP contribution is 2.29. The molecule has 0 saturated carbocycles. The van der Waals surface area contributed by atoms with E-state index >= 15 is 0 Å². The van der Waals surface area contributed by atoms with Crippen LogP contribution in [0.25, 0.3) is 11.3 Å². The van der Waals surface area contributed by atoms with E-state index < -0.39 is 0 Å². The van der Waals surface area contributed by atoms with Crippen LogP contribution in [0.5, 0.6) is 5.75 Å². The van der Waals surface area contributed by atoms with Crippen molar-refractivity contribution in [2.45, 2.75) is 13.0 Å². The standard InChI is InChI=1S/C23H30N6O2/c1-27(18-19-17-21(26-31-19)20-7-3-4-8-22(20)30-2)11-6-12-28-13-15-29(16-14-28)23-24-9-5-10-25-23/h3-5,7-10,17H,6,11-16,18H2,1-2H3. The molecule has 0 bridgehead atoms. The summed E-state index contributed by atoms with van der Waals surface area (Å²) < 4.78 is 11.0. The van der Waals surface area contributed by atoms with Crippen molar-refractivity contribution in [3.63, 3.8) is 0 Å². The maximum Gasteiger partial charge on any atom is 0.225 e. The average molecular weight is 423 g/mol. The van der Waals surface area contributed by atoms with Crippen LogP contribution in [0.3, 0.4) is 0 Å². The first-order valence-corrected chi connectivity index (χ1v) is 10.7. The van der Waals surface area contributed by atoms with Gasteiger partial charge in [0.2, 0.25) is 5.95 Å². The van der Waals surface area contributed by atoms with E-state index in [1.807, 2.05) is 36.4 Å². The Morgan fingerprint density at radius 2 is 1.84 bits per heavy atom. The molecular formula is C23H30N6O2. The number of methoxy groups -OCH3 is 1. The Morgan fingerprint density at radius 1 is 1.06 bits per heavy atom. The summed E-state index contributed by atoms with van der Waals surface area (Å²) in [6, 6.07) is 11.7. The Bertz CT molecular complexity index is 940. The Labute approximate surface area is 183 Å². The van der Waals surface area contributed by atoms with Crippen molar-refractivity contribution >= 4 is 5.95 Å². The molecule has 31 heavy (non-hydrogen) atoms. The number of hydrogen-bond donors (Lipinski definition) is 0. The largest absolute Gasteiger partial charge is 0.496 e. The molecule has 1 saturated heterocycles. The number of rotatable bonds is 9. The molecule has 0 N–H and O–H groups in total. The lowest BCUT2D eigenvalue weighted by molar-refractivity contribution is 0.222. The molecule has 1 aromatic carbocycles. The van der Waals surface area contributed by atoms with E-state index in [1.165, 1.54) is 0 Å². The number of ether oxygens (including phenoxy) is 1. The molecule has 1 aliphatic rings. The van der Waals surface area contributed by atoms with Gasteiger partial charge in [-0.3, -0.25) is 9.80 Å². The number of anilines is 1. The lowest BCUT2D eigenvalue weighted by Gasteiger charge is -2.34. The second-order valence-corrected chi connectivity index (χ2v) is 7.85. The number of hydrogen-bond acceptors (Lipinski definition) is 8. The summed E-state index contributed by atoms with van der Waals surface area (Å²) in [5, 5.41) is 4.23. The van der Waals surface area contributed by atoms with Gasteiger partial charge in [-0.15, -0.1) is 0 Å². The van der Waals surface area contributed by atoms with Gasteiger partial charge >= 0.3 is 0 Å². The number of piperazine rings is 1. The smallest absolute Gasteiger partial charge is 0.225 e. The van der Waals surface area contributed by atoms with Crippen LogP contribution in [0, 0.1) is 0 Å². The second-order valence-electron chi connectivity index (χ2n) is 7.85. The SMILES string of the molecule is COc1ccccc1-c1cc(CN(C)CCCN2CCN(c3ncccn3)CC2)on1. The summed E-state index contributed by atoms with van der Waals surface area (Å²) in [6.45, 7) is 6.89. The average Bonchev–Trinajstić information content (AvgIpc) is 3.28. The van der Waals surface area contributed by atoms with Gasteiger partial charge in [0, 0.05) is 50.2 Å². The van der Waals surface area contributed by atoms with Gasteiger partial charge in [0.05, 0.1) is 13.7 Å². The van der Waals surface area contributed by atoms with Crippen molar-refractivity contribution in [1.29, 1.82) is 0 Å². The van der Waals surface area contributed by atoms with Crippen LogP contribution in [-0.4, -0.2) is 78.4 Å². The Kier molecular flexibility index (Phi) is 7.11. The van der Waals surface area contributed by atoms with Gasteiger partial charge in [-0.05, 0) is 44.8 Å². The fraction of sp³-hybridized carbons (Fsp3) is 0.435.